The number of carbonyl (C=O) groups is 1. The van der Waals surface area contributed by atoms with Gasteiger partial charge in [-0.05, 0) is 19.1 Å². The molecule has 0 saturated carbocycles. The highest BCUT2D eigenvalue weighted by atomic mass is 16.6. The maximum Gasteiger partial charge on any atom is 0.288 e. The van der Waals surface area contributed by atoms with E-state index < -0.39 is 10.8 Å². The second-order valence-corrected chi connectivity index (χ2v) is 4.24. The SMILES string of the molecule is CNc1ncc([N+](=O)[O-])cc1C(=O)Nc1ccc(C)nc1. The van der Waals surface area contributed by atoms with Gasteiger partial charge in [-0.1, -0.05) is 0 Å². The normalized spacial score (nSPS) is 10.0. The molecule has 2 N–H and O–H groups in total. The van der Waals surface area contributed by atoms with Crippen molar-refractivity contribution in [2.75, 3.05) is 17.7 Å². The Labute approximate surface area is 120 Å². The third kappa shape index (κ3) is 3.30. The molecule has 8 heteroatoms. The number of aryl methyl sites for hydroxylation is 1. The molecular formula is C13H13N5O3. The molecule has 0 unspecified atom stereocenters. The molecule has 108 valence electrons. The third-order valence-electron chi connectivity index (χ3n) is 2.73. The van der Waals surface area contributed by atoms with Gasteiger partial charge in [0.1, 0.15) is 12.0 Å². The minimum atomic E-state index is -0.601. The van der Waals surface area contributed by atoms with Crippen molar-refractivity contribution >= 4 is 23.1 Å². The second-order valence-electron chi connectivity index (χ2n) is 4.24. The predicted octanol–water partition coefficient (Wildman–Crippen LogP) is 1.99. The lowest BCUT2D eigenvalue weighted by Crippen LogP contribution is -2.15. The van der Waals surface area contributed by atoms with Crippen molar-refractivity contribution in [3.05, 3.63) is 52.0 Å². The summed E-state index contributed by atoms with van der Waals surface area (Å²) in [7, 11) is 1.58. The summed E-state index contributed by atoms with van der Waals surface area (Å²) in [5.41, 5.74) is 1.16. The van der Waals surface area contributed by atoms with Crippen LogP contribution in [0.25, 0.3) is 0 Å². The predicted molar refractivity (Wildman–Crippen MR) is 77.4 cm³/mol. The van der Waals surface area contributed by atoms with E-state index in [9.17, 15) is 14.9 Å². The van der Waals surface area contributed by atoms with Gasteiger partial charge in [0.05, 0.1) is 22.4 Å². The average molecular weight is 287 g/mol. The van der Waals surface area contributed by atoms with Crippen molar-refractivity contribution in [3.8, 4) is 0 Å². The summed E-state index contributed by atoms with van der Waals surface area (Å²) in [6, 6.07) is 4.63. The summed E-state index contributed by atoms with van der Waals surface area (Å²) in [4.78, 5) is 30.3. The summed E-state index contributed by atoms with van der Waals surface area (Å²) in [5.74, 6) is -0.237. The molecule has 0 aliphatic carbocycles. The van der Waals surface area contributed by atoms with Gasteiger partial charge >= 0.3 is 0 Å². The molecule has 0 aliphatic heterocycles. The number of hydrogen-bond acceptors (Lipinski definition) is 6. The fraction of sp³-hybridized carbons (Fsp3) is 0.154. The Hall–Kier alpha value is -3.03. The van der Waals surface area contributed by atoms with E-state index >= 15 is 0 Å². The summed E-state index contributed by atoms with van der Waals surface area (Å²) in [6.45, 7) is 1.83. The lowest BCUT2D eigenvalue weighted by molar-refractivity contribution is -0.385. The van der Waals surface area contributed by atoms with Crippen molar-refractivity contribution < 1.29 is 9.72 Å². The fourth-order valence-electron chi connectivity index (χ4n) is 1.67. The largest absolute Gasteiger partial charge is 0.372 e. The van der Waals surface area contributed by atoms with Crippen LogP contribution in [-0.4, -0.2) is 27.8 Å². The summed E-state index contributed by atoms with van der Waals surface area (Å²) >= 11 is 0. The lowest BCUT2D eigenvalue weighted by atomic mass is 10.2. The minimum Gasteiger partial charge on any atom is -0.372 e. The zero-order chi connectivity index (χ0) is 15.4. The van der Waals surface area contributed by atoms with Gasteiger partial charge in [-0.3, -0.25) is 19.9 Å². The molecule has 8 nitrogen and oxygen atoms in total. The Morgan fingerprint density at radius 3 is 2.62 bits per heavy atom. The molecular weight excluding hydrogens is 274 g/mol. The van der Waals surface area contributed by atoms with Crippen LogP contribution in [0, 0.1) is 17.0 Å². The molecule has 2 rings (SSSR count). The van der Waals surface area contributed by atoms with Crippen molar-refractivity contribution in [1.82, 2.24) is 9.97 Å². The van der Waals surface area contributed by atoms with Crippen molar-refractivity contribution in [3.63, 3.8) is 0 Å². The monoisotopic (exact) mass is 287 g/mol. The molecule has 0 aromatic carbocycles. The molecule has 0 saturated heterocycles. The second kappa shape index (κ2) is 5.95. The Bertz CT molecular complexity index is 685. The Balaban J connectivity index is 2.30. The Kier molecular flexibility index (Phi) is 4.07. The number of amides is 1. The smallest absolute Gasteiger partial charge is 0.288 e. The van der Waals surface area contributed by atoms with E-state index in [1.165, 1.54) is 12.3 Å². The van der Waals surface area contributed by atoms with Gasteiger partial charge in [0.25, 0.3) is 11.6 Å². The molecule has 0 aliphatic rings. The molecule has 0 bridgehead atoms. The molecule has 21 heavy (non-hydrogen) atoms. The van der Waals surface area contributed by atoms with E-state index in [-0.39, 0.29) is 17.1 Å². The number of hydrogen-bond donors (Lipinski definition) is 2. The molecule has 0 atom stereocenters. The number of aromatic nitrogens is 2. The molecule has 2 aromatic rings. The topological polar surface area (TPSA) is 110 Å². The molecule has 0 spiro atoms. The maximum absolute atomic E-state index is 12.2. The number of rotatable bonds is 4. The molecule has 0 fully saturated rings. The van der Waals surface area contributed by atoms with Gasteiger partial charge in [0.15, 0.2) is 0 Å². The van der Waals surface area contributed by atoms with Crippen LogP contribution >= 0.6 is 0 Å². The van der Waals surface area contributed by atoms with E-state index in [1.54, 1.807) is 19.2 Å². The standard InChI is InChI=1S/C13H13N5O3/c1-8-3-4-9(6-15-8)17-13(19)11-5-10(18(20)21)7-16-12(11)14-2/h3-7H,1-2H3,(H,14,16)(H,17,19). The van der Waals surface area contributed by atoms with E-state index in [4.69, 9.17) is 0 Å². The van der Waals surface area contributed by atoms with Gasteiger partial charge in [-0.15, -0.1) is 0 Å². The van der Waals surface area contributed by atoms with Crippen LogP contribution in [0.1, 0.15) is 16.1 Å². The van der Waals surface area contributed by atoms with E-state index in [1.807, 2.05) is 6.92 Å². The van der Waals surface area contributed by atoms with Gasteiger partial charge < -0.3 is 10.6 Å². The highest BCUT2D eigenvalue weighted by Gasteiger charge is 2.17. The van der Waals surface area contributed by atoms with Crippen LogP contribution in [0.5, 0.6) is 0 Å². The number of nitrogens with zero attached hydrogens (tertiary/aromatic N) is 3. The minimum absolute atomic E-state index is 0.0901. The van der Waals surface area contributed by atoms with E-state index in [2.05, 4.69) is 20.6 Å². The maximum atomic E-state index is 12.2. The van der Waals surface area contributed by atoms with Gasteiger partial charge in [0, 0.05) is 18.8 Å². The summed E-state index contributed by atoms with van der Waals surface area (Å²) in [5, 5.41) is 16.1. The first-order valence-electron chi connectivity index (χ1n) is 6.07. The zero-order valence-electron chi connectivity index (χ0n) is 11.5. The van der Waals surface area contributed by atoms with Crippen LogP contribution in [0.2, 0.25) is 0 Å². The number of nitrogens with one attached hydrogen (secondary N) is 2. The van der Waals surface area contributed by atoms with Gasteiger partial charge in [-0.25, -0.2) is 4.98 Å². The van der Waals surface area contributed by atoms with Crippen molar-refractivity contribution in [2.24, 2.45) is 0 Å². The van der Waals surface area contributed by atoms with Gasteiger partial charge in [0.2, 0.25) is 0 Å². The van der Waals surface area contributed by atoms with Crippen LogP contribution in [0.3, 0.4) is 0 Å². The van der Waals surface area contributed by atoms with Crippen LogP contribution in [-0.2, 0) is 0 Å². The molecule has 1 amide bonds. The number of carbonyl (C=O) groups excluding carboxylic acids is 1. The van der Waals surface area contributed by atoms with Crippen molar-refractivity contribution in [1.29, 1.82) is 0 Å². The van der Waals surface area contributed by atoms with E-state index in [0.29, 0.717) is 5.69 Å². The quantitative estimate of drug-likeness (QED) is 0.657. The first-order valence-corrected chi connectivity index (χ1v) is 6.07. The molecule has 0 radical (unpaired) electrons. The first-order chi connectivity index (χ1) is 10.0. The first kappa shape index (κ1) is 14.4. The average Bonchev–Trinajstić information content (AvgIpc) is 2.48. The van der Waals surface area contributed by atoms with Crippen LogP contribution in [0.15, 0.2) is 30.6 Å². The molecule has 2 heterocycles. The lowest BCUT2D eigenvalue weighted by Gasteiger charge is -2.08. The highest BCUT2D eigenvalue weighted by molar-refractivity contribution is 6.07. The Morgan fingerprint density at radius 1 is 1.29 bits per heavy atom. The number of anilines is 2. The third-order valence-corrected chi connectivity index (χ3v) is 2.73. The van der Waals surface area contributed by atoms with Crippen molar-refractivity contribution in [2.45, 2.75) is 6.92 Å². The van der Waals surface area contributed by atoms with Crippen LogP contribution < -0.4 is 10.6 Å². The zero-order valence-corrected chi connectivity index (χ0v) is 11.5. The summed E-state index contributed by atoms with van der Waals surface area (Å²) in [6.07, 6.45) is 2.60. The van der Waals surface area contributed by atoms with E-state index in [0.717, 1.165) is 11.9 Å². The van der Waals surface area contributed by atoms with Gasteiger partial charge in [-0.2, -0.15) is 0 Å². The Morgan fingerprint density at radius 2 is 2.05 bits per heavy atom. The fourth-order valence-corrected chi connectivity index (χ4v) is 1.67. The summed E-state index contributed by atoms with van der Waals surface area (Å²) < 4.78 is 0. The van der Waals surface area contributed by atoms with Crippen LogP contribution in [0.4, 0.5) is 17.2 Å². The highest BCUT2D eigenvalue weighted by Crippen LogP contribution is 2.20. The number of pyridine rings is 2. The number of nitro groups is 1. The molecule has 2 aromatic heterocycles.